The van der Waals surface area contributed by atoms with Gasteiger partial charge in [0.15, 0.2) is 0 Å². The number of ether oxygens (including phenoxy) is 1. The molecule has 0 aromatic heterocycles. The zero-order valence-corrected chi connectivity index (χ0v) is 10.8. The number of nitrogens with zero attached hydrogens (tertiary/aromatic N) is 1. The van der Waals surface area contributed by atoms with Gasteiger partial charge in [0.1, 0.15) is 11.6 Å². The number of halogens is 3. The van der Waals surface area contributed by atoms with Crippen LogP contribution in [0.5, 0.6) is 0 Å². The lowest BCUT2D eigenvalue weighted by molar-refractivity contribution is -0.176. The van der Waals surface area contributed by atoms with Crippen LogP contribution in [-0.2, 0) is 4.74 Å². The maximum absolute atomic E-state index is 12.8. The SMILES string of the molecule is CC(C)(C)OC(=O)N1C(CN)CCC1C(F)(F)F. The molecule has 1 amide bonds. The second-order valence-electron chi connectivity index (χ2n) is 5.41. The highest BCUT2D eigenvalue weighted by molar-refractivity contribution is 5.69. The van der Waals surface area contributed by atoms with E-state index in [2.05, 4.69) is 0 Å². The number of amides is 1. The number of hydrogen-bond acceptors (Lipinski definition) is 3. The van der Waals surface area contributed by atoms with Gasteiger partial charge < -0.3 is 10.5 Å². The Balaban J connectivity index is 2.88. The summed E-state index contributed by atoms with van der Waals surface area (Å²) in [4.78, 5) is 12.6. The van der Waals surface area contributed by atoms with Crippen LogP contribution in [0.4, 0.5) is 18.0 Å². The zero-order valence-electron chi connectivity index (χ0n) is 10.8. The van der Waals surface area contributed by atoms with E-state index in [9.17, 15) is 18.0 Å². The van der Waals surface area contributed by atoms with Crippen LogP contribution >= 0.6 is 0 Å². The van der Waals surface area contributed by atoms with Crippen LogP contribution in [-0.4, -0.2) is 41.4 Å². The van der Waals surface area contributed by atoms with Crippen molar-refractivity contribution in [2.24, 2.45) is 5.73 Å². The van der Waals surface area contributed by atoms with Crippen molar-refractivity contribution >= 4 is 6.09 Å². The first-order valence-corrected chi connectivity index (χ1v) is 5.84. The number of carbonyl (C=O) groups excluding carboxylic acids is 1. The van der Waals surface area contributed by atoms with E-state index in [0.29, 0.717) is 0 Å². The summed E-state index contributed by atoms with van der Waals surface area (Å²) in [6.45, 7) is 4.84. The first kappa shape index (κ1) is 15.1. The van der Waals surface area contributed by atoms with Gasteiger partial charge in [0.25, 0.3) is 0 Å². The molecule has 1 heterocycles. The Labute approximate surface area is 104 Å². The fourth-order valence-electron chi connectivity index (χ4n) is 2.03. The molecule has 0 bridgehead atoms. The molecule has 0 aliphatic carbocycles. The van der Waals surface area contributed by atoms with Gasteiger partial charge >= 0.3 is 12.3 Å². The lowest BCUT2D eigenvalue weighted by Gasteiger charge is -2.32. The largest absolute Gasteiger partial charge is 0.444 e. The monoisotopic (exact) mass is 268 g/mol. The highest BCUT2D eigenvalue weighted by atomic mass is 19.4. The molecule has 0 spiro atoms. The van der Waals surface area contributed by atoms with Gasteiger partial charge in [-0.1, -0.05) is 0 Å². The zero-order chi connectivity index (χ0) is 14.1. The van der Waals surface area contributed by atoms with Gasteiger partial charge in [0.2, 0.25) is 0 Å². The molecule has 2 unspecified atom stereocenters. The molecule has 1 aliphatic heterocycles. The van der Waals surface area contributed by atoms with E-state index in [1.807, 2.05) is 0 Å². The number of hydrogen-bond donors (Lipinski definition) is 1. The van der Waals surface area contributed by atoms with Crippen LogP contribution < -0.4 is 5.73 Å². The third-order valence-electron chi connectivity index (χ3n) is 2.76. The molecule has 106 valence electrons. The first-order chi connectivity index (χ1) is 8.06. The van der Waals surface area contributed by atoms with Gasteiger partial charge in [-0.05, 0) is 33.6 Å². The van der Waals surface area contributed by atoms with E-state index in [1.54, 1.807) is 20.8 Å². The van der Waals surface area contributed by atoms with Crippen LogP contribution in [0.2, 0.25) is 0 Å². The molecule has 18 heavy (non-hydrogen) atoms. The molecule has 1 rings (SSSR count). The summed E-state index contributed by atoms with van der Waals surface area (Å²) in [5, 5.41) is 0. The normalized spacial score (nSPS) is 25.4. The second kappa shape index (κ2) is 4.95. The smallest absolute Gasteiger partial charge is 0.411 e. The Bertz CT molecular complexity index is 312. The summed E-state index contributed by atoms with van der Waals surface area (Å²) in [6, 6.07) is -2.40. The minimum atomic E-state index is -4.44. The Morgan fingerprint density at radius 2 is 1.89 bits per heavy atom. The predicted molar refractivity (Wildman–Crippen MR) is 60.0 cm³/mol. The molecular weight excluding hydrogens is 249 g/mol. The topological polar surface area (TPSA) is 55.6 Å². The van der Waals surface area contributed by atoms with Crippen molar-refractivity contribution in [3.63, 3.8) is 0 Å². The standard InChI is InChI=1S/C11H19F3N2O2/c1-10(2,3)18-9(17)16-7(6-15)4-5-8(16)11(12,13)14/h7-8H,4-6,15H2,1-3H3. The number of alkyl halides is 3. The Morgan fingerprint density at radius 1 is 1.33 bits per heavy atom. The van der Waals surface area contributed by atoms with E-state index in [4.69, 9.17) is 10.5 Å². The fourth-order valence-corrected chi connectivity index (χ4v) is 2.03. The van der Waals surface area contributed by atoms with Crippen LogP contribution in [0.25, 0.3) is 0 Å². The quantitative estimate of drug-likeness (QED) is 0.793. The number of likely N-dealkylation sites (tertiary alicyclic amines) is 1. The van der Waals surface area contributed by atoms with Crippen molar-refractivity contribution in [3.8, 4) is 0 Å². The Morgan fingerprint density at radius 3 is 2.28 bits per heavy atom. The van der Waals surface area contributed by atoms with E-state index >= 15 is 0 Å². The molecule has 0 radical (unpaired) electrons. The summed E-state index contributed by atoms with van der Waals surface area (Å²) in [5.74, 6) is 0. The summed E-state index contributed by atoms with van der Waals surface area (Å²) in [5.41, 5.74) is 4.59. The van der Waals surface area contributed by atoms with Gasteiger partial charge in [-0.15, -0.1) is 0 Å². The van der Waals surface area contributed by atoms with E-state index in [0.717, 1.165) is 4.90 Å². The summed E-state index contributed by atoms with van der Waals surface area (Å²) < 4.78 is 43.5. The summed E-state index contributed by atoms with van der Waals surface area (Å²) >= 11 is 0. The minimum absolute atomic E-state index is 0.00578. The third kappa shape index (κ3) is 3.51. The van der Waals surface area contributed by atoms with Crippen LogP contribution in [0.1, 0.15) is 33.6 Å². The molecule has 1 saturated heterocycles. The Hall–Kier alpha value is -0.980. The van der Waals surface area contributed by atoms with Crippen molar-refractivity contribution in [2.45, 2.75) is 57.5 Å². The lowest BCUT2D eigenvalue weighted by atomic mass is 10.2. The molecule has 1 fully saturated rings. The molecule has 0 saturated carbocycles. The van der Waals surface area contributed by atoms with Crippen LogP contribution in [0.3, 0.4) is 0 Å². The van der Waals surface area contributed by atoms with Gasteiger partial charge in [0.05, 0.1) is 0 Å². The average Bonchev–Trinajstić information content (AvgIpc) is 2.56. The number of carbonyl (C=O) groups is 1. The van der Waals surface area contributed by atoms with E-state index < -0.39 is 30.0 Å². The van der Waals surface area contributed by atoms with Crippen molar-refractivity contribution in [3.05, 3.63) is 0 Å². The molecule has 0 aromatic rings. The van der Waals surface area contributed by atoms with Gasteiger partial charge in [-0.2, -0.15) is 13.2 Å². The van der Waals surface area contributed by atoms with Gasteiger partial charge in [-0.3, -0.25) is 4.90 Å². The van der Waals surface area contributed by atoms with Gasteiger partial charge in [-0.25, -0.2) is 4.79 Å². The highest BCUT2D eigenvalue weighted by Gasteiger charge is 2.52. The highest BCUT2D eigenvalue weighted by Crippen LogP contribution is 2.36. The molecule has 2 N–H and O–H groups in total. The summed E-state index contributed by atoms with van der Waals surface area (Å²) in [6.07, 6.45) is -5.26. The summed E-state index contributed by atoms with van der Waals surface area (Å²) in [7, 11) is 0. The average molecular weight is 268 g/mol. The molecule has 7 heteroatoms. The van der Waals surface area contributed by atoms with E-state index in [1.165, 1.54) is 0 Å². The molecule has 2 atom stereocenters. The number of rotatable bonds is 1. The van der Waals surface area contributed by atoms with Gasteiger partial charge in [0, 0.05) is 12.6 Å². The van der Waals surface area contributed by atoms with Crippen molar-refractivity contribution in [2.75, 3.05) is 6.54 Å². The van der Waals surface area contributed by atoms with Crippen LogP contribution in [0.15, 0.2) is 0 Å². The molecular formula is C11H19F3N2O2. The minimum Gasteiger partial charge on any atom is -0.444 e. The van der Waals surface area contributed by atoms with Crippen LogP contribution in [0, 0.1) is 0 Å². The van der Waals surface area contributed by atoms with Crippen molar-refractivity contribution < 1.29 is 22.7 Å². The predicted octanol–water partition coefficient (Wildman–Crippen LogP) is 2.28. The van der Waals surface area contributed by atoms with Crippen molar-refractivity contribution in [1.29, 1.82) is 0 Å². The first-order valence-electron chi connectivity index (χ1n) is 5.84. The fraction of sp³-hybridized carbons (Fsp3) is 0.909. The van der Waals surface area contributed by atoms with E-state index in [-0.39, 0.29) is 19.4 Å². The second-order valence-corrected chi connectivity index (χ2v) is 5.41. The maximum Gasteiger partial charge on any atom is 0.411 e. The number of nitrogens with two attached hydrogens (primary N) is 1. The molecule has 4 nitrogen and oxygen atoms in total. The lowest BCUT2D eigenvalue weighted by Crippen LogP contribution is -2.51. The maximum atomic E-state index is 12.8. The molecule has 0 aromatic carbocycles. The molecule has 1 aliphatic rings. The third-order valence-corrected chi connectivity index (χ3v) is 2.76. The Kier molecular flexibility index (Phi) is 4.15. The van der Waals surface area contributed by atoms with Crippen molar-refractivity contribution in [1.82, 2.24) is 4.90 Å².